The summed E-state index contributed by atoms with van der Waals surface area (Å²) in [6, 6.07) is 14.9. The van der Waals surface area contributed by atoms with E-state index in [4.69, 9.17) is 0 Å². The van der Waals surface area contributed by atoms with E-state index in [0.29, 0.717) is 19.6 Å². The average Bonchev–Trinajstić information content (AvgIpc) is 3.50. The first-order valence-electron chi connectivity index (χ1n) is 11.9. The van der Waals surface area contributed by atoms with Gasteiger partial charge >= 0.3 is 0 Å². The lowest BCUT2D eigenvalue weighted by Gasteiger charge is -2.23. The molecular weight excluding hydrogens is 446 g/mol. The highest BCUT2D eigenvalue weighted by molar-refractivity contribution is 5.72. The summed E-state index contributed by atoms with van der Waals surface area (Å²) >= 11 is 0. The molecule has 0 amide bonds. The number of benzene rings is 2. The van der Waals surface area contributed by atoms with E-state index in [-0.39, 0.29) is 11.7 Å². The fraction of sp³-hybridized carbons (Fsp3) is 0.333. The first-order valence-corrected chi connectivity index (χ1v) is 11.9. The minimum atomic E-state index is -1.24. The van der Waals surface area contributed by atoms with Crippen LogP contribution in [0.4, 0.5) is 14.5 Å². The van der Waals surface area contributed by atoms with Crippen LogP contribution in [0.25, 0.3) is 28.3 Å². The second kappa shape index (κ2) is 8.02. The molecule has 1 fully saturated rings. The Morgan fingerprint density at radius 2 is 1.89 bits per heavy atom. The molecule has 4 aromatic rings. The van der Waals surface area contributed by atoms with Gasteiger partial charge in [0.15, 0.2) is 5.82 Å². The molecule has 0 radical (unpaired) electrons. The molecule has 2 atom stereocenters. The van der Waals surface area contributed by atoms with Crippen LogP contribution in [0.15, 0.2) is 61.1 Å². The number of hydrogen-bond donors (Lipinski definition) is 0. The van der Waals surface area contributed by atoms with Crippen molar-refractivity contribution < 1.29 is 8.78 Å². The van der Waals surface area contributed by atoms with Gasteiger partial charge in [0.05, 0.1) is 17.9 Å². The number of hydrogen-bond acceptors (Lipinski definition) is 4. The van der Waals surface area contributed by atoms with E-state index in [0.717, 1.165) is 46.1 Å². The molecule has 2 aliphatic heterocycles. The van der Waals surface area contributed by atoms with Gasteiger partial charge in [-0.05, 0) is 68.5 Å². The van der Waals surface area contributed by atoms with Crippen LogP contribution >= 0.6 is 0 Å². The van der Waals surface area contributed by atoms with Crippen molar-refractivity contribution in [1.82, 2.24) is 24.2 Å². The summed E-state index contributed by atoms with van der Waals surface area (Å²) in [5, 5.41) is 4.51. The molecule has 4 heterocycles. The van der Waals surface area contributed by atoms with Crippen LogP contribution in [0.2, 0.25) is 0 Å². The number of rotatable bonds is 4. The first kappa shape index (κ1) is 22.0. The average molecular weight is 475 g/mol. The van der Waals surface area contributed by atoms with Gasteiger partial charge in [-0.1, -0.05) is 12.1 Å². The third kappa shape index (κ3) is 3.82. The molecule has 0 unspecified atom stereocenters. The standard InChI is InChI=1S/C27H28F2N6/c1-27(29)16-34(15-21(27)14-32(2)3)23-8-9-24-20(10-23)13-33-12-19(18-4-6-22(28)7-5-18)11-25(33)26-30-17-31-35(24)26/h4-12,17,21H,13-16H2,1-3H3/t21-,27+/m1/s1. The maximum Gasteiger partial charge on any atom is 0.179 e. The van der Waals surface area contributed by atoms with E-state index in [2.05, 4.69) is 54.9 Å². The van der Waals surface area contributed by atoms with Gasteiger partial charge in [-0.3, -0.25) is 0 Å². The number of nitrogens with zero attached hydrogens (tertiary/aromatic N) is 6. The Balaban J connectivity index is 1.38. The first-order chi connectivity index (χ1) is 16.8. The summed E-state index contributed by atoms with van der Waals surface area (Å²) in [4.78, 5) is 8.75. The molecule has 6 rings (SSSR count). The van der Waals surface area contributed by atoms with Gasteiger partial charge in [0.2, 0.25) is 0 Å². The maximum absolute atomic E-state index is 15.4. The summed E-state index contributed by atoms with van der Waals surface area (Å²) in [6.45, 7) is 4.13. The Bertz CT molecular complexity index is 1390. The number of halogens is 2. The van der Waals surface area contributed by atoms with Gasteiger partial charge < -0.3 is 14.4 Å². The molecule has 0 aliphatic carbocycles. The van der Waals surface area contributed by atoms with Gasteiger partial charge in [0.1, 0.15) is 17.8 Å². The van der Waals surface area contributed by atoms with Crippen molar-refractivity contribution in [1.29, 1.82) is 0 Å². The van der Waals surface area contributed by atoms with Crippen LogP contribution < -0.4 is 4.90 Å². The Morgan fingerprint density at radius 1 is 1.09 bits per heavy atom. The third-order valence-electron chi connectivity index (χ3n) is 7.23. The summed E-state index contributed by atoms with van der Waals surface area (Å²) in [5.74, 6) is 0.454. The molecule has 35 heavy (non-hydrogen) atoms. The highest BCUT2D eigenvalue weighted by atomic mass is 19.1. The molecule has 8 heteroatoms. The highest BCUT2D eigenvalue weighted by Gasteiger charge is 2.43. The monoisotopic (exact) mass is 474 g/mol. The van der Waals surface area contributed by atoms with E-state index < -0.39 is 5.67 Å². The van der Waals surface area contributed by atoms with Crippen molar-refractivity contribution in [3.8, 4) is 28.3 Å². The van der Waals surface area contributed by atoms with E-state index >= 15 is 4.39 Å². The van der Waals surface area contributed by atoms with Crippen LogP contribution in [0.3, 0.4) is 0 Å². The molecule has 180 valence electrons. The van der Waals surface area contributed by atoms with E-state index in [1.165, 1.54) is 12.1 Å². The molecule has 6 nitrogen and oxygen atoms in total. The summed E-state index contributed by atoms with van der Waals surface area (Å²) in [6.07, 6.45) is 3.64. The lowest BCUT2D eigenvalue weighted by atomic mass is 9.94. The number of aromatic nitrogens is 4. The van der Waals surface area contributed by atoms with Gasteiger partial charge in [-0.15, -0.1) is 0 Å². The molecule has 0 spiro atoms. The quantitative estimate of drug-likeness (QED) is 0.381. The third-order valence-corrected chi connectivity index (χ3v) is 7.23. The van der Waals surface area contributed by atoms with Crippen LogP contribution in [-0.2, 0) is 6.54 Å². The smallest absolute Gasteiger partial charge is 0.179 e. The topological polar surface area (TPSA) is 42.1 Å². The van der Waals surface area contributed by atoms with Crippen LogP contribution in [0.5, 0.6) is 0 Å². The van der Waals surface area contributed by atoms with E-state index in [9.17, 15) is 4.39 Å². The Labute approximate surface area is 203 Å². The van der Waals surface area contributed by atoms with Gasteiger partial charge in [-0.2, -0.15) is 5.10 Å². The molecule has 2 aromatic carbocycles. The SMILES string of the molecule is CN(C)C[C@@H]1CN(c2ccc3c(c2)Cn2cc(-c4ccc(F)cc4)cc2-c2ncnn2-3)C[C@]1(C)F. The van der Waals surface area contributed by atoms with Crippen molar-refractivity contribution in [3.63, 3.8) is 0 Å². The number of alkyl halides is 1. The lowest BCUT2D eigenvalue weighted by molar-refractivity contribution is 0.129. The minimum Gasteiger partial charge on any atom is -0.368 e. The zero-order chi connectivity index (χ0) is 24.3. The van der Waals surface area contributed by atoms with Crippen LogP contribution in [0.1, 0.15) is 12.5 Å². The van der Waals surface area contributed by atoms with Crippen LogP contribution in [-0.4, -0.2) is 63.6 Å². The molecular formula is C27H28F2N6. The summed E-state index contributed by atoms with van der Waals surface area (Å²) in [5.41, 5.74) is 4.72. The molecule has 2 aromatic heterocycles. The van der Waals surface area contributed by atoms with Crippen LogP contribution in [0, 0.1) is 11.7 Å². The van der Waals surface area contributed by atoms with Crippen molar-refractivity contribution in [2.45, 2.75) is 19.1 Å². The molecule has 1 saturated heterocycles. The van der Waals surface area contributed by atoms with Gasteiger partial charge in [-0.25, -0.2) is 18.4 Å². The number of fused-ring (bicyclic) bond motifs is 5. The summed E-state index contributed by atoms with van der Waals surface area (Å²) in [7, 11) is 3.98. The summed E-state index contributed by atoms with van der Waals surface area (Å²) < 4.78 is 32.9. The van der Waals surface area contributed by atoms with Crippen molar-refractivity contribution in [2.75, 3.05) is 38.6 Å². The van der Waals surface area contributed by atoms with Crippen molar-refractivity contribution >= 4 is 5.69 Å². The van der Waals surface area contributed by atoms with E-state index in [1.54, 1.807) is 25.4 Å². The van der Waals surface area contributed by atoms with E-state index in [1.807, 2.05) is 18.8 Å². The molecule has 0 N–H and O–H groups in total. The second-order valence-corrected chi connectivity index (χ2v) is 10.2. The molecule has 0 bridgehead atoms. The Kier molecular flexibility index (Phi) is 5.03. The molecule has 2 aliphatic rings. The molecule has 0 saturated carbocycles. The van der Waals surface area contributed by atoms with Crippen molar-refractivity contribution in [3.05, 3.63) is 72.4 Å². The largest absolute Gasteiger partial charge is 0.368 e. The predicted octanol–water partition coefficient (Wildman–Crippen LogP) is 4.63. The second-order valence-electron chi connectivity index (χ2n) is 10.2. The van der Waals surface area contributed by atoms with Crippen molar-refractivity contribution in [2.24, 2.45) is 5.92 Å². The zero-order valence-electron chi connectivity index (χ0n) is 20.1. The normalized spacial score (nSPS) is 21.1. The number of anilines is 1. The Morgan fingerprint density at radius 3 is 2.66 bits per heavy atom. The lowest BCUT2D eigenvalue weighted by Crippen LogP contribution is -2.35. The minimum absolute atomic E-state index is 0.0486. The maximum atomic E-state index is 15.4. The fourth-order valence-electron chi connectivity index (χ4n) is 5.42. The highest BCUT2D eigenvalue weighted by Crippen LogP contribution is 2.38. The fourth-order valence-corrected chi connectivity index (χ4v) is 5.42. The predicted molar refractivity (Wildman–Crippen MR) is 133 cm³/mol. The van der Waals surface area contributed by atoms with Gasteiger partial charge in [0.25, 0.3) is 0 Å². The zero-order valence-corrected chi connectivity index (χ0v) is 20.1. The Hall–Kier alpha value is -3.52. The van der Waals surface area contributed by atoms with Gasteiger partial charge in [0, 0.05) is 43.0 Å².